The number of nitrogens with zero attached hydrogens (tertiary/aromatic N) is 6. The van der Waals surface area contributed by atoms with Gasteiger partial charge < -0.3 is 19.0 Å². The number of carbonyl (C=O) groups excluding carboxylic acids is 2. The van der Waals surface area contributed by atoms with E-state index in [0.717, 1.165) is 23.4 Å². The van der Waals surface area contributed by atoms with Crippen molar-refractivity contribution in [3.05, 3.63) is 86.7 Å². The van der Waals surface area contributed by atoms with E-state index >= 15 is 0 Å². The lowest BCUT2D eigenvalue weighted by atomic mass is 10.2. The first-order valence-corrected chi connectivity index (χ1v) is 12.9. The minimum Gasteiger partial charge on any atom is -0.345 e. The smallest absolute Gasteiger partial charge is 0.274 e. The Balaban J connectivity index is 1.16. The molecule has 0 aliphatic carbocycles. The van der Waals surface area contributed by atoms with Crippen molar-refractivity contribution in [2.45, 2.75) is 25.4 Å². The fourth-order valence-electron chi connectivity index (χ4n) is 4.43. The van der Waals surface area contributed by atoms with Crippen LogP contribution in [0.25, 0.3) is 11.2 Å². The molecule has 1 atom stereocenters. The quantitative estimate of drug-likeness (QED) is 0.350. The molecule has 6 rings (SSSR count). The molecule has 0 radical (unpaired) electrons. The van der Waals surface area contributed by atoms with Gasteiger partial charge in [-0.15, -0.1) is 11.3 Å². The highest BCUT2D eigenvalue weighted by molar-refractivity contribution is 7.09. The first-order valence-electron chi connectivity index (χ1n) is 11.3. The maximum atomic E-state index is 13.3. The highest BCUT2D eigenvalue weighted by Crippen LogP contribution is 2.35. The lowest BCUT2D eigenvalue weighted by Crippen LogP contribution is -2.31. The topological polar surface area (TPSA) is 96.9 Å². The van der Waals surface area contributed by atoms with Crippen LogP contribution in [-0.2, 0) is 6.54 Å². The second-order valence-electron chi connectivity index (χ2n) is 8.48. The molecule has 9 nitrogen and oxygen atoms in total. The predicted molar refractivity (Wildman–Crippen MR) is 137 cm³/mol. The molecule has 12 heteroatoms. The molecule has 2 amide bonds. The number of nitrogens with one attached hydrogen (secondary N) is 1. The van der Waals surface area contributed by atoms with Gasteiger partial charge in [0.15, 0.2) is 0 Å². The fraction of sp³-hybridized carbons (Fsp3) is 0.208. The Morgan fingerprint density at radius 2 is 1.97 bits per heavy atom. The number of hydrogen-bond acceptors (Lipinski definition) is 6. The zero-order valence-corrected chi connectivity index (χ0v) is 21.1. The van der Waals surface area contributed by atoms with Gasteiger partial charge in [0.1, 0.15) is 22.0 Å². The first-order chi connectivity index (χ1) is 17.5. The molecule has 5 aromatic rings. The molecule has 6 heterocycles. The molecule has 0 bridgehead atoms. The lowest BCUT2D eigenvalue weighted by molar-refractivity contribution is 0.0730. The van der Waals surface area contributed by atoms with Crippen LogP contribution in [-0.4, -0.2) is 47.0 Å². The number of carbonyl (C=O) groups is 2. The summed E-state index contributed by atoms with van der Waals surface area (Å²) in [6.45, 7) is 0.851. The van der Waals surface area contributed by atoms with Crippen molar-refractivity contribution in [2.24, 2.45) is 0 Å². The summed E-state index contributed by atoms with van der Waals surface area (Å²) in [4.78, 5) is 41.3. The molecule has 0 saturated carbocycles. The number of thiazole rings is 1. The summed E-state index contributed by atoms with van der Waals surface area (Å²) in [7, 11) is 0. The Morgan fingerprint density at radius 1 is 1.08 bits per heavy atom. The number of pyridine rings is 2. The third-order valence-corrected chi connectivity index (χ3v) is 7.59. The van der Waals surface area contributed by atoms with Crippen molar-refractivity contribution in [2.75, 3.05) is 6.54 Å². The van der Waals surface area contributed by atoms with E-state index in [1.54, 1.807) is 57.7 Å². The van der Waals surface area contributed by atoms with Gasteiger partial charge in [-0.25, -0.2) is 15.0 Å². The molecule has 0 aromatic carbocycles. The number of aromatic nitrogens is 5. The van der Waals surface area contributed by atoms with Crippen LogP contribution in [0.1, 0.15) is 50.6 Å². The van der Waals surface area contributed by atoms with E-state index in [1.807, 2.05) is 10.6 Å². The van der Waals surface area contributed by atoms with Gasteiger partial charge in [-0.1, -0.05) is 23.2 Å². The molecule has 1 saturated heterocycles. The predicted octanol–water partition coefficient (Wildman–Crippen LogP) is 4.65. The number of amides is 2. The molecule has 1 unspecified atom stereocenters. The number of halogens is 2. The minimum atomic E-state index is -0.297. The van der Waals surface area contributed by atoms with Gasteiger partial charge in [-0.05, 0) is 37.1 Å². The van der Waals surface area contributed by atoms with E-state index in [2.05, 4.69) is 20.3 Å². The number of hydrogen-bond donors (Lipinski definition) is 1. The van der Waals surface area contributed by atoms with Gasteiger partial charge in [0.2, 0.25) is 0 Å². The highest BCUT2D eigenvalue weighted by Gasteiger charge is 2.34. The Labute approximate surface area is 219 Å². The third-order valence-electron chi connectivity index (χ3n) is 6.18. The van der Waals surface area contributed by atoms with Gasteiger partial charge in [-0.3, -0.25) is 9.59 Å². The minimum absolute atomic E-state index is 0.163. The van der Waals surface area contributed by atoms with E-state index < -0.39 is 0 Å². The van der Waals surface area contributed by atoms with Crippen LogP contribution >= 0.6 is 34.5 Å². The zero-order chi connectivity index (χ0) is 24.8. The molecule has 1 N–H and O–H groups in total. The fourth-order valence-corrected chi connectivity index (χ4v) is 5.71. The first kappa shape index (κ1) is 23.0. The molecule has 1 aliphatic heterocycles. The Hall–Kier alpha value is -3.47. The average Bonchev–Trinajstić information content (AvgIpc) is 3.66. The normalized spacial score (nSPS) is 15.7. The van der Waals surface area contributed by atoms with E-state index in [0.29, 0.717) is 39.3 Å². The molecule has 0 spiro atoms. The molecule has 5 aromatic heterocycles. The summed E-state index contributed by atoms with van der Waals surface area (Å²) in [5.41, 5.74) is 2.86. The van der Waals surface area contributed by atoms with Crippen molar-refractivity contribution in [3.8, 4) is 0 Å². The number of rotatable bonds is 5. The summed E-state index contributed by atoms with van der Waals surface area (Å²) in [5.74, 6) is -0.461. The van der Waals surface area contributed by atoms with Crippen molar-refractivity contribution >= 4 is 57.5 Å². The van der Waals surface area contributed by atoms with E-state index in [1.165, 1.54) is 11.3 Å². The number of fused-ring (bicyclic) bond motifs is 2. The van der Waals surface area contributed by atoms with Crippen LogP contribution in [0.15, 0.2) is 54.6 Å². The molecule has 1 aliphatic rings. The summed E-state index contributed by atoms with van der Waals surface area (Å²) >= 11 is 13.5. The van der Waals surface area contributed by atoms with Crippen LogP contribution in [0, 0.1) is 0 Å². The number of likely N-dealkylation sites (tertiary alicyclic amines) is 1. The monoisotopic (exact) mass is 539 g/mol. The summed E-state index contributed by atoms with van der Waals surface area (Å²) in [5, 5.41) is 6.50. The standard InChI is InChI=1S/C24H19Cl2N7O2S/c25-14-5-7-31-13-28-16(20(31)8-14)9-27-22(34)18-12-36-23(30-18)19-2-1-6-33(19)24(35)17-11-32-10-15(26)3-4-21(32)29-17/h3-5,7-8,10-13,19H,1-2,6,9H2,(H,27,34). The summed E-state index contributed by atoms with van der Waals surface area (Å²) in [6, 6.07) is 6.89. The van der Waals surface area contributed by atoms with Crippen molar-refractivity contribution in [1.82, 2.24) is 34.0 Å². The van der Waals surface area contributed by atoms with Gasteiger partial charge in [0.05, 0.1) is 35.1 Å². The van der Waals surface area contributed by atoms with Crippen LogP contribution in [0.4, 0.5) is 0 Å². The van der Waals surface area contributed by atoms with Gasteiger partial charge in [-0.2, -0.15) is 0 Å². The third kappa shape index (κ3) is 4.21. The van der Waals surface area contributed by atoms with Crippen LogP contribution < -0.4 is 5.32 Å². The van der Waals surface area contributed by atoms with Gasteiger partial charge >= 0.3 is 0 Å². The van der Waals surface area contributed by atoms with Crippen molar-refractivity contribution in [3.63, 3.8) is 0 Å². The molecule has 182 valence electrons. The molecule has 36 heavy (non-hydrogen) atoms. The zero-order valence-electron chi connectivity index (χ0n) is 18.8. The second-order valence-corrected chi connectivity index (χ2v) is 10.2. The van der Waals surface area contributed by atoms with Crippen LogP contribution in [0.2, 0.25) is 10.0 Å². The van der Waals surface area contributed by atoms with Crippen molar-refractivity contribution in [1.29, 1.82) is 0 Å². The summed E-state index contributed by atoms with van der Waals surface area (Å²) in [6.07, 6.45) is 8.53. The Morgan fingerprint density at radius 3 is 2.86 bits per heavy atom. The van der Waals surface area contributed by atoms with Crippen LogP contribution in [0.3, 0.4) is 0 Å². The Bertz CT molecular complexity index is 1630. The SMILES string of the molecule is O=C(NCc1ncn2ccc(Cl)cc12)c1csc(C2CCCN2C(=O)c2cn3cc(Cl)ccc3n2)n1. The van der Waals surface area contributed by atoms with Gasteiger partial charge in [0.25, 0.3) is 11.8 Å². The van der Waals surface area contributed by atoms with E-state index in [4.69, 9.17) is 23.2 Å². The van der Waals surface area contributed by atoms with Crippen molar-refractivity contribution < 1.29 is 9.59 Å². The number of imidazole rings is 2. The molecule has 1 fully saturated rings. The van der Waals surface area contributed by atoms with E-state index in [9.17, 15) is 9.59 Å². The average molecular weight is 540 g/mol. The van der Waals surface area contributed by atoms with Crippen LogP contribution in [0.5, 0.6) is 0 Å². The summed E-state index contributed by atoms with van der Waals surface area (Å²) < 4.78 is 3.58. The van der Waals surface area contributed by atoms with E-state index in [-0.39, 0.29) is 24.4 Å². The Kier molecular flexibility index (Phi) is 5.87. The highest BCUT2D eigenvalue weighted by atomic mass is 35.5. The lowest BCUT2D eigenvalue weighted by Gasteiger charge is -2.22. The largest absolute Gasteiger partial charge is 0.345 e. The maximum Gasteiger partial charge on any atom is 0.274 e. The van der Waals surface area contributed by atoms with Gasteiger partial charge in [0, 0.05) is 35.5 Å². The maximum absolute atomic E-state index is 13.3. The second kappa shape index (κ2) is 9.20. The molecular weight excluding hydrogens is 521 g/mol. The molecular formula is C24H19Cl2N7O2S.